The summed E-state index contributed by atoms with van der Waals surface area (Å²) in [5.74, 6) is 1.74. The molecule has 4 rings (SSSR count). The van der Waals surface area contributed by atoms with E-state index in [1.165, 1.54) is 0 Å². The summed E-state index contributed by atoms with van der Waals surface area (Å²) >= 11 is 10.9. The fourth-order valence-electron chi connectivity index (χ4n) is 7.26. The molecule has 11 nitrogen and oxygen atoms in total. The Morgan fingerprint density at radius 2 is 1.30 bits per heavy atom. The molecule has 0 spiro atoms. The van der Waals surface area contributed by atoms with Crippen molar-refractivity contribution in [2.75, 3.05) is 70.7 Å². The van der Waals surface area contributed by atoms with Crippen LogP contribution in [0, 0.1) is 17.8 Å². The van der Waals surface area contributed by atoms with Crippen molar-refractivity contribution in [1.82, 2.24) is 20.4 Å². The monoisotopic (exact) mass is 768 g/mol. The van der Waals surface area contributed by atoms with Gasteiger partial charge in [-0.2, -0.15) is 0 Å². The van der Waals surface area contributed by atoms with E-state index in [0.717, 1.165) is 100 Å². The lowest BCUT2D eigenvalue weighted by atomic mass is 9.77. The van der Waals surface area contributed by atoms with Gasteiger partial charge in [0.2, 0.25) is 11.8 Å². The van der Waals surface area contributed by atoms with Crippen molar-refractivity contribution < 1.29 is 23.8 Å². The highest BCUT2D eigenvalue weighted by molar-refractivity contribution is 7.80. The molecule has 3 atom stereocenters. The average molecular weight is 769 g/mol. The lowest BCUT2D eigenvalue weighted by Gasteiger charge is -2.43. The first-order chi connectivity index (χ1) is 25.7. The van der Waals surface area contributed by atoms with Gasteiger partial charge in [0.05, 0.1) is 31.8 Å². The largest absolute Gasteiger partial charge is 0.494 e. The summed E-state index contributed by atoms with van der Waals surface area (Å²) in [6.07, 6.45) is 9.27. The highest BCUT2D eigenvalue weighted by Gasteiger charge is 2.39. The third kappa shape index (κ3) is 14.8. The molecule has 0 bridgehead atoms. The van der Waals surface area contributed by atoms with Gasteiger partial charge in [0.15, 0.2) is 10.2 Å². The molecule has 292 valence electrons. The molecule has 2 aromatic rings. The summed E-state index contributed by atoms with van der Waals surface area (Å²) in [5.41, 5.74) is 1.59. The van der Waals surface area contributed by atoms with Crippen LogP contribution >= 0.6 is 24.4 Å². The van der Waals surface area contributed by atoms with Gasteiger partial charge in [0.1, 0.15) is 11.5 Å². The molecule has 0 radical (unpaired) electrons. The van der Waals surface area contributed by atoms with Crippen LogP contribution in [0.5, 0.6) is 11.5 Å². The van der Waals surface area contributed by atoms with Crippen molar-refractivity contribution >= 4 is 57.8 Å². The highest BCUT2D eigenvalue weighted by Crippen LogP contribution is 2.33. The number of hydrogen-bond acceptors (Lipinski definition) is 9. The van der Waals surface area contributed by atoms with E-state index >= 15 is 0 Å². The zero-order chi connectivity index (χ0) is 38.0. The minimum atomic E-state index is -0.210. The van der Waals surface area contributed by atoms with Gasteiger partial charge in [-0.05, 0) is 137 Å². The lowest BCUT2D eigenvalue weighted by Crippen LogP contribution is -2.52. The molecular formula is C40H60N6O5S2. The van der Waals surface area contributed by atoms with Gasteiger partial charge in [-0.1, -0.05) is 39.5 Å². The maximum absolute atomic E-state index is 13.4. The number of methoxy groups -OCH3 is 1. The second-order valence-corrected chi connectivity index (χ2v) is 15.1. The van der Waals surface area contributed by atoms with Crippen molar-refractivity contribution in [3.63, 3.8) is 0 Å². The van der Waals surface area contributed by atoms with Crippen molar-refractivity contribution in [1.29, 1.82) is 0 Å². The van der Waals surface area contributed by atoms with Crippen LogP contribution in [0.4, 0.5) is 11.4 Å². The molecule has 13 heteroatoms. The summed E-state index contributed by atoms with van der Waals surface area (Å²) in [5, 5.41) is 12.5. The van der Waals surface area contributed by atoms with Crippen LogP contribution in [-0.4, -0.2) is 98.0 Å². The number of likely N-dealkylation sites (tertiary alicyclic amines) is 2. The van der Waals surface area contributed by atoms with Gasteiger partial charge >= 0.3 is 0 Å². The van der Waals surface area contributed by atoms with E-state index in [9.17, 15) is 9.59 Å². The molecule has 0 aromatic heterocycles. The molecule has 2 amide bonds. The van der Waals surface area contributed by atoms with Crippen LogP contribution in [0.1, 0.15) is 71.6 Å². The lowest BCUT2D eigenvalue weighted by molar-refractivity contribution is -0.127. The van der Waals surface area contributed by atoms with Crippen LogP contribution in [0.3, 0.4) is 0 Å². The first-order valence-corrected chi connectivity index (χ1v) is 20.1. The zero-order valence-corrected chi connectivity index (χ0v) is 33.6. The second kappa shape index (κ2) is 22.8. The molecule has 2 aromatic carbocycles. The third-order valence-corrected chi connectivity index (χ3v) is 10.4. The first kappa shape index (κ1) is 42.4. The molecule has 2 aliphatic heterocycles. The van der Waals surface area contributed by atoms with Crippen LogP contribution in [0.15, 0.2) is 48.5 Å². The Labute approximate surface area is 327 Å². The Kier molecular flexibility index (Phi) is 18.2. The fraction of sp³-hybridized carbons (Fsp3) is 0.600. The molecule has 2 fully saturated rings. The Hall–Kier alpha value is -3.36. The molecular weight excluding hydrogens is 709 g/mol. The summed E-state index contributed by atoms with van der Waals surface area (Å²) in [6, 6.07) is 15.2. The number of piperidine rings is 2. The van der Waals surface area contributed by atoms with E-state index < -0.39 is 0 Å². The van der Waals surface area contributed by atoms with E-state index in [1.807, 2.05) is 48.5 Å². The Bertz CT molecular complexity index is 1440. The van der Waals surface area contributed by atoms with Crippen LogP contribution < -0.4 is 30.7 Å². The van der Waals surface area contributed by atoms with Crippen molar-refractivity contribution in [2.45, 2.75) is 77.7 Å². The normalized spacial score (nSPS) is 18.8. The van der Waals surface area contributed by atoms with Crippen molar-refractivity contribution in [2.24, 2.45) is 17.8 Å². The van der Waals surface area contributed by atoms with Gasteiger partial charge in [-0.25, -0.2) is 0 Å². The SMILES string of the molecule is CCCCCOc1ccc(NC(=S)NC(=O)CN2CCC(C(OC)C3C[C@@H](C(=O)NC(=S)Nc4ccc(OCCCCC)cc4)CN(C)C3)CC2)cc1. The smallest absolute Gasteiger partial charge is 0.240 e. The standard InChI is InChI=1S/C40H60N6O5S2/c1-5-7-9-23-50-34-15-11-32(12-16-34)41-39(52)43-36(47)28-46-21-19-29(20-22-46)37(49-4)30-25-31(27-45(3)26-30)38(48)44-40(53)42-33-13-17-35(18-14-33)51-24-10-8-6-2/h11-18,29-31,37H,5-10,19-28H2,1-4H3,(H2,41,43,47,52)(H2,42,44,48,53)/t30?,31-,37?/m1/s1. The number of anilines is 2. The van der Waals surface area contributed by atoms with E-state index in [2.05, 4.69) is 52.0 Å². The number of unbranched alkanes of at least 4 members (excludes halogenated alkanes) is 4. The first-order valence-electron chi connectivity index (χ1n) is 19.3. The van der Waals surface area contributed by atoms with Gasteiger partial charge in [-0.3, -0.25) is 14.5 Å². The fourth-order valence-corrected chi connectivity index (χ4v) is 7.71. The molecule has 0 aliphatic carbocycles. The molecule has 2 heterocycles. The molecule has 4 N–H and O–H groups in total. The maximum Gasteiger partial charge on any atom is 0.240 e. The second-order valence-electron chi connectivity index (χ2n) is 14.3. The summed E-state index contributed by atoms with van der Waals surface area (Å²) in [4.78, 5) is 30.6. The van der Waals surface area contributed by atoms with Crippen LogP contribution in [-0.2, 0) is 14.3 Å². The molecule has 2 saturated heterocycles. The van der Waals surface area contributed by atoms with Crippen LogP contribution in [0.2, 0.25) is 0 Å². The van der Waals surface area contributed by atoms with Crippen molar-refractivity contribution in [3.8, 4) is 11.5 Å². The van der Waals surface area contributed by atoms with Gasteiger partial charge < -0.3 is 40.4 Å². The van der Waals surface area contributed by atoms with E-state index in [1.54, 1.807) is 7.11 Å². The van der Waals surface area contributed by atoms with Gasteiger partial charge in [0.25, 0.3) is 0 Å². The summed E-state index contributed by atoms with van der Waals surface area (Å²) in [6.45, 7) is 9.12. The number of hydrogen-bond donors (Lipinski definition) is 4. The summed E-state index contributed by atoms with van der Waals surface area (Å²) < 4.78 is 17.7. The average Bonchev–Trinajstić information content (AvgIpc) is 3.14. The van der Waals surface area contributed by atoms with E-state index in [-0.39, 0.29) is 46.5 Å². The van der Waals surface area contributed by atoms with Crippen molar-refractivity contribution in [3.05, 3.63) is 48.5 Å². The molecule has 0 saturated carbocycles. The number of benzene rings is 2. The topological polar surface area (TPSA) is 116 Å². The number of carbonyl (C=O) groups excluding carboxylic acids is 2. The number of carbonyl (C=O) groups is 2. The van der Waals surface area contributed by atoms with Gasteiger partial charge in [0, 0.05) is 31.6 Å². The molecule has 2 aliphatic rings. The number of rotatable bonds is 18. The number of ether oxygens (including phenoxy) is 3. The number of nitrogens with zero attached hydrogens (tertiary/aromatic N) is 2. The molecule has 53 heavy (non-hydrogen) atoms. The predicted octanol–water partition coefficient (Wildman–Crippen LogP) is 6.45. The number of nitrogens with one attached hydrogen (secondary N) is 4. The van der Waals surface area contributed by atoms with E-state index in [4.69, 9.17) is 38.6 Å². The minimum Gasteiger partial charge on any atom is -0.494 e. The Morgan fingerprint density at radius 3 is 1.81 bits per heavy atom. The third-order valence-electron chi connectivity index (χ3n) is 9.98. The number of thiocarbonyl (C=S) groups is 2. The van der Waals surface area contributed by atoms with Crippen LogP contribution in [0.25, 0.3) is 0 Å². The summed E-state index contributed by atoms with van der Waals surface area (Å²) in [7, 11) is 3.83. The number of amides is 2. The Morgan fingerprint density at radius 1 is 0.774 bits per heavy atom. The van der Waals surface area contributed by atoms with E-state index in [0.29, 0.717) is 25.7 Å². The highest BCUT2D eigenvalue weighted by atomic mass is 32.1. The minimum absolute atomic E-state index is 0.0155. The predicted molar refractivity (Wildman–Crippen MR) is 221 cm³/mol. The Balaban J connectivity index is 1.17. The molecule has 2 unspecified atom stereocenters. The quantitative estimate of drug-likeness (QED) is 0.0992. The maximum atomic E-state index is 13.4. The zero-order valence-electron chi connectivity index (χ0n) is 32.0. The van der Waals surface area contributed by atoms with Gasteiger partial charge in [-0.15, -0.1) is 0 Å².